The monoisotopic (exact) mass is 522 g/mol. The molecule has 2 heterocycles. The number of aryl methyl sites for hydroxylation is 1. The van der Waals surface area contributed by atoms with Crippen LogP contribution in [0.2, 0.25) is 0 Å². The zero-order chi connectivity index (χ0) is 27.1. The van der Waals surface area contributed by atoms with Crippen molar-refractivity contribution in [1.29, 1.82) is 0 Å². The van der Waals surface area contributed by atoms with E-state index in [1.165, 1.54) is 33.7 Å². The molecule has 10 nitrogen and oxygen atoms in total. The molecule has 1 aliphatic rings. The first kappa shape index (κ1) is 27.2. The van der Waals surface area contributed by atoms with Crippen molar-refractivity contribution in [2.75, 3.05) is 45.6 Å². The summed E-state index contributed by atoms with van der Waals surface area (Å²) in [6, 6.07) is 11.5. The lowest BCUT2D eigenvalue weighted by Gasteiger charge is -2.32. The van der Waals surface area contributed by atoms with E-state index in [4.69, 9.17) is 0 Å². The van der Waals surface area contributed by atoms with Crippen LogP contribution in [-0.4, -0.2) is 82.2 Å². The number of halogens is 1. The van der Waals surface area contributed by atoms with E-state index in [0.29, 0.717) is 35.1 Å². The molecule has 4 rings (SSSR count). The summed E-state index contributed by atoms with van der Waals surface area (Å²) in [5.41, 5.74) is 2.70. The summed E-state index contributed by atoms with van der Waals surface area (Å²) in [6.07, 6.45) is 4.10. The molecule has 1 atom stereocenters. The molecule has 3 aromatic rings. The van der Waals surface area contributed by atoms with E-state index in [9.17, 15) is 14.0 Å². The molecular weight excluding hydrogens is 487 g/mol. The van der Waals surface area contributed by atoms with Crippen LogP contribution < -0.4 is 10.6 Å². The number of piperidine rings is 1. The first-order valence-electron chi connectivity index (χ1n) is 12.9. The number of amides is 3. The van der Waals surface area contributed by atoms with Crippen molar-refractivity contribution in [2.45, 2.75) is 25.7 Å². The van der Waals surface area contributed by atoms with Crippen LogP contribution in [0.25, 0.3) is 11.4 Å². The molecule has 3 amide bonds. The highest BCUT2D eigenvalue weighted by Crippen LogP contribution is 2.24. The molecular formula is C27H35FN8O2. The van der Waals surface area contributed by atoms with Crippen molar-refractivity contribution in [2.24, 2.45) is 13.0 Å². The van der Waals surface area contributed by atoms with Crippen molar-refractivity contribution in [1.82, 2.24) is 35.3 Å². The number of benzene rings is 2. The van der Waals surface area contributed by atoms with Gasteiger partial charge in [0.1, 0.15) is 5.82 Å². The summed E-state index contributed by atoms with van der Waals surface area (Å²) in [6.45, 7) is 3.49. The van der Waals surface area contributed by atoms with Gasteiger partial charge < -0.3 is 20.4 Å². The number of tetrazole rings is 1. The molecule has 1 saturated heterocycles. The number of hydrogen-bond acceptors (Lipinski definition) is 6. The minimum Gasteiger partial charge on any atom is -0.345 e. The quantitative estimate of drug-likeness (QED) is 0.418. The van der Waals surface area contributed by atoms with Crippen LogP contribution in [0.1, 0.15) is 35.2 Å². The fourth-order valence-electron chi connectivity index (χ4n) is 4.84. The van der Waals surface area contributed by atoms with Gasteiger partial charge in [-0.15, -0.1) is 5.10 Å². The second-order valence-electron chi connectivity index (χ2n) is 10.00. The lowest BCUT2D eigenvalue weighted by atomic mass is 9.91. The molecule has 2 N–H and O–H groups in total. The summed E-state index contributed by atoms with van der Waals surface area (Å²) < 4.78 is 14.7. The van der Waals surface area contributed by atoms with E-state index in [2.05, 4.69) is 31.1 Å². The number of aromatic nitrogens is 4. The molecule has 2 aromatic carbocycles. The molecule has 0 bridgehead atoms. The second kappa shape index (κ2) is 12.6. The Labute approximate surface area is 222 Å². The molecule has 1 aliphatic heterocycles. The van der Waals surface area contributed by atoms with Crippen molar-refractivity contribution < 1.29 is 14.0 Å². The van der Waals surface area contributed by atoms with Gasteiger partial charge in [0.25, 0.3) is 5.91 Å². The Hall–Kier alpha value is -3.86. The van der Waals surface area contributed by atoms with Crippen molar-refractivity contribution >= 4 is 17.6 Å². The normalized spacial score (nSPS) is 15.7. The van der Waals surface area contributed by atoms with Crippen LogP contribution in [-0.2, 0) is 13.5 Å². The molecule has 0 saturated carbocycles. The Kier molecular flexibility index (Phi) is 9.01. The Balaban J connectivity index is 1.27. The minimum atomic E-state index is -0.339. The van der Waals surface area contributed by atoms with E-state index in [0.717, 1.165) is 38.9 Å². The lowest BCUT2D eigenvalue weighted by Crippen LogP contribution is -2.38. The van der Waals surface area contributed by atoms with E-state index in [1.54, 1.807) is 39.3 Å². The van der Waals surface area contributed by atoms with Gasteiger partial charge in [-0.3, -0.25) is 4.79 Å². The molecule has 11 heteroatoms. The Morgan fingerprint density at radius 1 is 1.16 bits per heavy atom. The van der Waals surface area contributed by atoms with Gasteiger partial charge in [-0.1, -0.05) is 12.1 Å². The second-order valence-corrected chi connectivity index (χ2v) is 10.00. The third-order valence-corrected chi connectivity index (χ3v) is 6.70. The molecule has 0 spiro atoms. The number of likely N-dealkylation sites (tertiary alicyclic amines) is 1. The number of carbonyl (C=O) groups excluding carboxylic acids is 2. The summed E-state index contributed by atoms with van der Waals surface area (Å²) in [4.78, 5) is 29.1. The van der Waals surface area contributed by atoms with E-state index < -0.39 is 0 Å². The number of urea groups is 1. The summed E-state index contributed by atoms with van der Waals surface area (Å²) >= 11 is 0. The van der Waals surface area contributed by atoms with Gasteiger partial charge in [0.05, 0.1) is 0 Å². The van der Waals surface area contributed by atoms with Gasteiger partial charge in [-0.05, 0) is 91.0 Å². The lowest BCUT2D eigenvalue weighted by molar-refractivity contribution is 0.0827. The van der Waals surface area contributed by atoms with E-state index >= 15 is 0 Å². The number of nitrogens with zero attached hydrogens (tertiary/aromatic N) is 6. The van der Waals surface area contributed by atoms with Gasteiger partial charge in [-0.25, -0.2) is 13.9 Å². The number of carbonyl (C=O) groups is 2. The van der Waals surface area contributed by atoms with Gasteiger partial charge in [0.15, 0.2) is 5.82 Å². The predicted octanol–water partition coefficient (Wildman–Crippen LogP) is 3.18. The SMILES string of the molecule is CN(C)C(=O)c1cc(NC(=O)NCCCN2CCCC(Cc3ccc(F)cc3)C2)cc(-c2nnnn2C)c1. The smallest absolute Gasteiger partial charge is 0.319 e. The summed E-state index contributed by atoms with van der Waals surface area (Å²) in [7, 11) is 5.06. The van der Waals surface area contributed by atoms with Crippen molar-refractivity contribution in [3.63, 3.8) is 0 Å². The fraction of sp³-hybridized carbons (Fsp3) is 0.444. The molecule has 202 valence electrons. The minimum absolute atomic E-state index is 0.190. The first-order valence-corrected chi connectivity index (χ1v) is 12.9. The summed E-state index contributed by atoms with van der Waals surface area (Å²) in [5, 5.41) is 17.3. The number of rotatable bonds is 9. The maximum atomic E-state index is 13.2. The Morgan fingerprint density at radius 3 is 2.66 bits per heavy atom. The highest BCUT2D eigenvalue weighted by Gasteiger charge is 2.20. The topological polar surface area (TPSA) is 108 Å². The van der Waals surface area contributed by atoms with Crippen LogP contribution in [0.3, 0.4) is 0 Å². The van der Waals surface area contributed by atoms with Gasteiger partial charge in [0, 0.05) is 51.0 Å². The predicted molar refractivity (Wildman–Crippen MR) is 143 cm³/mol. The molecule has 38 heavy (non-hydrogen) atoms. The standard InChI is InChI=1S/C27H35FN8O2/c1-34(2)26(37)22-15-21(25-31-32-33-35(25)3)16-24(17-22)30-27(38)29-11-5-13-36-12-4-6-20(18-36)14-19-7-9-23(28)10-8-19/h7-10,15-17,20H,4-6,11-14,18H2,1-3H3,(H2,29,30,38). The van der Waals surface area contributed by atoms with Gasteiger partial charge in [0.2, 0.25) is 0 Å². The van der Waals surface area contributed by atoms with Crippen LogP contribution in [0.5, 0.6) is 0 Å². The average Bonchev–Trinajstić information content (AvgIpc) is 3.33. The highest BCUT2D eigenvalue weighted by atomic mass is 19.1. The van der Waals surface area contributed by atoms with Crippen LogP contribution in [0, 0.1) is 11.7 Å². The Morgan fingerprint density at radius 2 is 1.95 bits per heavy atom. The van der Waals surface area contributed by atoms with Crippen LogP contribution in [0.4, 0.5) is 14.9 Å². The van der Waals surface area contributed by atoms with Crippen molar-refractivity contribution in [3.8, 4) is 11.4 Å². The third-order valence-electron chi connectivity index (χ3n) is 6.70. The molecule has 1 fully saturated rings. The Bertz CT molecular complexity index is 1240. The molecule has 1 aromatic heterocycles. The van der Waals surface area contributed by atoms with Crippen molar-refractivity contribution in [3.05, 3.63) is 59.4 Å². The highest BCUT2D eigenvalue weighted by molar-refractivity contribution is 5.98. The first-order chi connectivity index (χ1) is 18.3. The number of hydrogen-bond donors (Lipinski definition) is 2. The van der Waals surface area contributed by atoms with E-state index in [1.807, 2.05) is 12.1 Å². The van der Waals surface area contributed by atoms with Crippen LogP contribution >= 0.6 is 0 Å². The maximum absolute atomic E-state index is 13.2. The third kappa shape index (κ3) is 7.34. The van der Waals surface area contributed by atoms with Gasteiger partial charge in [-0.2, -0.15) is 0 Å². The number of anilines is 1. The largest absolute Gasteiger partial charge is 0.345 e. The molecule has 1 unspecified atom stereocenters. The summed E-state index contributed by atoms with van der Waals surface area (Å²) in [5.74, 6) is 0.653. The molecule has 0 aliphatic carbocycles. The zero-order valence-electron chi connectivity index (χ0n) is 22.2. The number of nitrogens with one attached hydrogen (secondary N) is 2. The average molecular weight is 523 g/mol. The van der Waals surface area contributed by atoms with Crippen LogP contribution in [0.15, 0.2) is 42.5 Å². The zero-order valence-corrected chi connectivity index (χ0v) is 22.2. The van der Waals surface area contributed by atoms with Gasteiger partial charge >= 0.3 is 6.03 Å². The molecule has 0 radical (unpaired) electrons. The maximum Gasteiger partial charge on any atom is 0.319 e. The van der Waals surface area contributed by atoms with E-state index in [-0.39, 0.29) is 17.8 Å². The fourth-order valence-corrected chi connectivity index (χ4v) is 4.84.